The molecule has 1 aromatic heterocycles. The second-order valence-corrected chi connectivity index (χ2v) is 3.98. The summed E-state index contributed by atoms with van der Waals surface area (Å²) in [7, 11) is 1.72. The van der Waals surface area contributed by atoms with Crippen LogP contribution in [0.15, 0.2) is 11.4 Å². The molecule has 1 rings (SSSR count). The van der Waals surface area contributed by atoms with E-state index in [1.54, 1.807) is 11.9 Å². The molecule has 0 spiro atoms. The van der Waals surface area contributed by atoms with Crippen LogP contribution in [0.5, 0.6) is 0 Å². The summed E-state index contributed by atoms with van der Waals surface area (Å²) in [6.45, 7) is 2.41. The molecule has 1 amide bonds. The minimum Gasteiger partial charge on any atom is -0.340 e. The van der Waals surface area contributed by atoms with Gasteiger partial charge in [0.25, 0.3) is 5.91 Å². The molecule has 0 radical (unpaired) electrons. The van der Waals surface area contributed by atoms with E-state index in [1.165, 1.54) is 11.3 Å². The molecule has 74 valence electrons. The van der Waals surface area contributed by atoms with E-state index in [0.29, 0.717) is 13.0 Å². The number of carbonyl (C=O) groups excluding carboxylic acids is 1. The molecule has 14 heavy (non-hydrogen) atoms. The molecule has 0 unspecified atom stereocenters. The zero-order valence-electron chi connectivity index (χ0n) is 8.28. The number of aryl methyl sites for hydroxylation is 1. The van der Waals surface area contributed by atoms with Crippen LogP contribution in [-0.2, 0) is 0 Å². The van der Waals surface area contributed by atoms with Crippen LogP contribution in [0.3, 0.4) is 0 Å². The van der Waals surface area contributed by atoms with E-state index in [0.717, 1.165) is 10.4 Å². The highest BCUT2D eigenvalue weighted by Gasteiger charge is 2.14. The van der Waals surface area contributed by atoms with Crippen molar-refractivity contribution in [1.82, 2.24) is 4.90 Å². The van der Waals surface area contributed by atoms with E-state index in [2.05, 4.69) is 0 Å². The normalized spacial score (nSPS) is 9.50. The van der Waals surface area contributed by atoms with E-state index < -0.39 is 0 Å². The lowest BCUT2D eigenvalue weighted by molar-refractivity contribution is 0.0802. The second kappa shape index (κ2) is 4.77. The molecule has 1 aromatic rings. The molecule has 3 nitrogen and oxygen atoms in total. The number of carbonyl (C=O) groups is 1. The van der Waals surface area contributed by atoms with Crippen molar-refractivity contribution in [3.63, 3.8) is 0 Å². The largest absolute Gasteiger partial charge is 0.340 e. The number of amides is 1. The molecule has 0 atom stereocenters. The summed E-state index contributed by atoms with van der Waals surface area (Å²) < 4.78 is 0. The van der Waals surface area contributed by atoms with Crippen LogP contribution in [0.2, 0.25) is 0 Å². The average molecular weight is 208 g/mol. The molecule has 0 aliphatic rings. The van der Waals surface area contributed by atoms with Crippen LogP contribution in [-0.4, -0.2) is 24.4 Å². The lowest BCUT2D eigenvalue weighted by Crippen LogP contribution is -2.27. The Kier molecular flexibility index (Phi) is 3.66. The number of hydrogen-bond acceptors (Lipinski definition) is 3. The summed E-state index contributed by atoms with van der Waals surface area (Å²) >= 11 is 1.45. The van der Waals surface area contributed by atoms with Gasteiger partial charge in [0.05, 0.1) is 17.4 Å². The van der Waals surface area contributed by atoms with Crippen LogP contribution < -0.4 is 0 Å². The van der Waals surface area contributed by atoms with Gasteiger partial charge >= 0.3 is 0 Å². The van der Waals surface area contributed by atoms with Gasteiger partial charge in [-0.15, -0.1) is 11.3 Å². The first-order valence-electron chi connectivity index (χ1n) is 4.33. The Labute approximate surface area is 87.6 Å². The molecular formula is C10H12N2OS. The summed E-state index contributed by atoms with van der Waals surface area (Å²) in [5.74, 6) is 0.00718. The van der Waals surface area contributed by atoms with Crippen LogP contribution in [0.25, 0.3) is 0 Å². The van der Waals surface area contributed by atoms with E-state index >= 15 is 0 Å². The SMILES string of the molecule is Cc1ccsc1C(=O)N(C)CCC#N. The Bertz CT molecular complexity index is 364. The summed E-state index contributed by atoms with van der Waals surface area (Å²) in [6.07, 6.45) is 0.382. The van der Waals surface area contributed by atoms with Gasteiger partial charge in [-0.2, -0.15) is 5.26 Å². The number of rotatable bonds is 3. The first kappa shape index (κ1) is 10.7. The zero-order chi connectivity index (χ0) is 10.6. The molecule has 0 fully saturated rings. The van der Waals surface area contributed by atoms with E-state index in [4.69, 9.17) is 5.26 Å². The van der Waals surface area contributed by atoms with Gasteiger partial charge < -0.3 is 4.90 Å². The second-order valence-electron chi connectivity index (χ2n) is 3.07. The lowest BCUT2D eigenvalue weighted by atomic mass is 10.2. The van der Waals surface area contributed by atoms with Crippen molar-refractivity contribution in [3.05, 3.63) is 21.9 Å². The van der Waals surface area contributed by atoms with Crippen molar-refractivity contribution < 1.29 is 4.79 Å². The molecule has 0 bridgehead atoms. The third-order valence-electron chi connectivity index (χ3n) is 1.96. The molecule has 1 heterocycles. The van der Waals surface area contributed by atoms with Crippen molar-refractivity contribution in [2.75, 3.05) is 13.6 Å². The monoisotopic (exact) mass is 208 g/mol. The van der Waals surface area contributed by atoms with Crippen LogP contribution in [0.1, 0.15) is 21.7 Å². The maximum Gasteiger partial charge on any atom is 0.263 e. The highest BCUT2D eigenvalue weighted by molar-refractivity contribution is 7.12. The van der Waals surface area contributed by atoms with E-state index in [1.807, 2.05) is 24.4 Å². The van der Waals surface area contributed by atoms with E-state index in [9.17, 15) is 4.79 Å². The number of nitrogens with zero attached hydrogens (tertiary/aromatic N) is 2. The van der Waals surface area contributed by atoms with Gasteiger partial charge in [-0.3, -0.25) is 4.79 Å². The van der Waals surface area contributed by atoms with Crippen molar-refractivity contribution in [2.45, 2.75) is 13.3 Å². The summed E-state index contributed by atoms with van der Waals surface area (Å²) in [5, 5.41) is 10.3. The fourth-order valence-corrected chi connectivity index (χ4v) is 2.00. The predicted molar refractivity (Wildman–Crippen MR) is 56.2 cm³/mol. The number of nitriles is 1. The van der Waals surface area contributed by atoms with Gasteiger partial charge in [-0.05, 0) is 23.9 Å². The zero-order valence-corrected chi connectivity index (χ0v) is 9.10. The standard InChI is InChI=1S/C10H12N2OS/c1-8-4-7-14-9(8)10(13)12(2)6-3-5-11/h4,7H,3,6H2,1-2H3. The number of hydrogen-bond donors (Lipinski definition) is 0. The van der Waals surface area contributed by atoms with Crippen molar-refractivity contribution >= 4 is 17.2 Å². The number of thiophene rings is 1. The molecule has 0 N–H and O–H groups in total. The molecule has 0 aliphatic carbocycles. The Morgan fingerprint density at radius 1 is 1.71 bits per heavy atom. The van der Waals surface area contributed by atoms with Crippen molar-refractivity contribution in [2.24, 2.45) is 0 Å². The Hall–Kier alpha value is -1.34. The van der Waals surface area contributed by atoms with Crippen molar-refractivity contribution in [1.29, 1.82) is 5.26 Å². The van der Waals surface area contributed by atoms with Gasteiger partial charge in [0, 0.05) is 13.6 Å². The van der Waals surface area contributed by atoms with Gasteiger partial charge in [0.15, 0.2) is 0 Å². The molecule has 0 saturated carbocycles. The molecule has 4 heteroatoms. The van der Waals surface area contributed by atoms with Crippen LogP contribution >= 0.6 is 11.3 Å². The minimum absolute atomic E-state index is 0.00718. The topological polar surface area (TPSA) is 44.1 Å². The summed E-state index contributed by atoms with van der Waals surface area (Å²) in [6, 6.07) is 3.95. The third kappa shape index (κ3) is 2.33. The average Bonchev–Trinajstić information content (AvgIpc) is 2.59. The third-order valence-corrected chi connectivity index (χ3v) is 2.97. The fourth-order valence-electron chi connectivity index (χ4n) is 1.08. The quantitative estimate of drug-likeness (QED) is 0.763. The van der Waals surface area contributed by atoms with Crippen molar-refractivity contribution in [3.8, 4) is 6.07 Å². The van der Waals surface area contributed by atoms with Crippen LogP contribution in [0, 0.1) is 18.3 Å². The fraction of sp³-hybridized carbons (Fsp3) is 0.400. The van der Waals surface area contributed by atoms with E-state index in [-0.39, 0.29) is 5.91 Å². The first-order chi connectivity index (χ1) is 6.66. The maximum absolute atomic E-state index is 11.8. The Morgan fingerprint density at radius 3 is 2.93 bits per heavy atom. The van der Waals surface area contributed by atoms with Gasteiger partial charge in [0.1, 0.15) is 0 Å². The molecule has 0 saturated heterocycles. The maximum atomic E-state index is 11.8. The predicted octanol–water partition coefficient (Wildman–Crippen LogP) is 2.04. The van der Waals surface area contributed by atoms with Crippen LogP contribution in [0.4, 0.5) is 0 Å². The smallest absolute Gasteiger partial charge is 0.263 e. The lowest BCUT2D eigenvalue weighted by Gasteiger charge is -2.14. The molecule has 0 aromatic carbocycles. The minimum atomic E-state index is 0.00718. The molecule has 0 aliphatic heterocycles. The Morgan fingerprint density at radius 2 is 2.43 bits per heavy atom. The molecular weight excluding hydrogens is 196 g/mol. The summed E-state index contributed by atoms with van der Waals surface area (Å²) in [5.41, 5.74) is 1.00. The highest BCUT2D eigenvalue weighted by Crippen LogP contribution is 2.17. The summed E-state index contributed by atoms with van der Waals surface area (Å²) in [4.78, 5) is 14.1. The van der Waals surface area contributed by atoms with Gasteiger partial charge in [-0.1, -0.05) is 0 Å². The van der Waals surface area contributed by atoms with Gasteiger partial charge in [-0.25, -0.2) is 0 Å². The highest BCUT2D eigenvalue weighted by atomic mass is 32.1. The first-order valence-corrected chi connectivity index (χ1v) is 5.21. The Balaban J connectivity index is 2.67. The van der Waals surface area contributed by atoms with Gasteiger partial charge in [0.2, 0.25) is 0 Å².